The summed E-state index contributed by atoms with van der Waals surface area (Å²) in [5.74, 6) is 1.06. The van der Waals surface area contributed by atoms with Crippen molar-refractivity contribution in [3.05, 3.63) is 71.9 Å². The number of nitrogens with one attached hydrogen (secondary N) is 1. The molecule has 4 aromatic rings. The minimum Gasteiger partial charge on any atom is -0.493 e. The number of anilines is 1. The maximum atomic E-state index is 12.5. The summed E-state index contributed by atoms with van der Waals surface area (Å²) in [5, 5.41) is 9.43. The average molecular weight is 406 g/mol. The first-order valence-electron chi connectivity index (χ1n) is 8.77. The lowest BCUT2D eigenvalue weighted by Crippen LogP contribution is -2.11. The first kappa shape index (κ1) is 18.7. The fraction of sp³-hybridized carbons (Fsp3) is 0.0952. The number of nitrogens with zero attached hydrogens (tertiary/aromatic N) is 3. The van der Waals surface area contributed by atoms with Crippen LogP contribution in [0.2, 0.25) is 0 Å². The molecule has 2 aromatic carbocycles. The molecule has 0 atom stereocenters. The van der Waals surface area contributed by atoms with Crippen molar-refractivity contribution in [2.45, 2.75) is 0 Å². The summed E-state index contributed by atoms with van der Waals surface area (Å²) in [6, 6.07) is 14.6. The number of carbonyl (C=O) groups excluding carboxylic acids is 1. The highest BCUT2D eigenvalue weighted by molar-refractivity contribution is 7.14. The van der Waals surface area contributed by atoms with Crippen molar-refractivity contribution in [1.29, 1.82) is 0 Å². The van der Waals surface area contributed by atoms with Crippen LogP contribution in [0.25, 0.3) is 16.9 Å². The Morgan fingerprint density at radius 1 is 1.07 bits per heavy atom. The normalized spacial score (nSPS) is 10.6. The monoisotopic (exact) mass is 406 g/mol. The third-order valence-corrected chi connectivity index (χ3v) is 5.06. The molecule has 146 valence electrons. The molecule has 29 heavy (non-hydrogen) atoms. The van der Waals surface area contributed by atoms with Gasteiger partial charge in [-0.25, -0.2) is 9.67 Å². The Morgan fingerprint density at radius 2 is 1.86 bits per heavy atom. The third kappa shape index (κ3) is 3.97. The average Bonchev–Trinajstić information content (AvgIpc) is 3.46. The van der Waals surface area contributed by atoms with Crippen LogP contribution in [0, 0.1) is 0 Å². The Balaban J connectivity index is 1.48. The molecular weight excluding hydrogens is 388 g/mol. The van der Waals surface area contributed by atoms with E-state index in [2.05, 4.69) is 15.4 Å². The van der Waals surface area contributed by atoms with Crippen LogP contribution in [-0.4, -0.2) is 34.9 Å². The molecule has 2 aromatic heterocycles. The quantitative estimate of drug-likeness (QED) is 0.517. The Kier molecular flexibility index (Phi) is 5.26. The van der Waals surface area contributed by atoms with Crippen molar-refractivity contribution < 1.29 is 14.3 Å². The smallest absolute Gasteiger partial charge is 0.257 e. The second-order valence-electron chi connectivity index (χ2n) is 6.06. The van der Waals surface area contributed by atoms with E-state index in [1.165, 1.54) is 11.3 Å². The van der Waals surface area contributed by atoms with Gasteiger partial charge in [-0.15, -0.1) is 11.3 Å². The van der Waals surface area contributed by atoms with Crippen molar-refractivity contribution in [1.82, 2.24) is 14.8 Å². The fourth-order valence-electron chi connectivity index (χ4n) is 2.82. The zero-order valence-electron chi connectivity index (χ0n) is 15.8. The van der Waals surface area contributed by atoms with Gasteiger partial charge in [-0.1, -0.05) is 0 Å². The van der Waals surface area contributed by atoms with Crippen LogP contribution in [0.1, 0.15) is 10.4 Å². The third-order valence-electron chi connectivity index (χ3n) is 4.30. The van der Waals surface area contributed by atoms with E-state index in [1.54, 1.807) is 37.2 Å². The number of carbonyl (C=O) groups is 1. The molecule has 0 spiro atoms. The second-order valence-corrected chi connectivity index (χ2v) is 6.92. The first-order chi connectivity index (χ1) is 14.2. The number of ether oxygens (including phenoxy) is 2. The van der Waals surface area contributed by atoms with Gasteiger partial charge in [0.1, 0.15) is 0 Å². The number of methoxy groups -OCH3 is 2. The largest absolute Gasteiger partial charge is 0.493 e. The number of amides is 1. The van der Waals surface area contributed by atoms with Gasteiger partial charge in [-0.3, -0.25) is 10.1 Å². The molecule has 0 aliphatic heterocycles. The summed E-state index contributed by atoms with van der Waals surface area (Å²) in [4.78, 5) is 17.0. The molecule has 0 saturated heterocycles. The van der Waals surface area contributed by atoms with Gasteiger partial charge in [0.15, 0.2) is 16.6 Å². The summed E-state index contributed by atoms with van der Waals surface area (Å²) in [5.41, 5.74) is 3.06. The minimum absolute atomic E-state index is 0.217. The van der Waals surface area contributed by atoms with E-state index >= 15 is 0 Å². The van der Waals surface area contributed by atoms with Crippen LogP contribution in [-0.2, 0) is 0 Å². The van der Waals surface area contributed by atoms with Crippen molar-refractivity contribution in [3.63, 3.8) is 0 Å². The van der Waals surface area contributed by atoms with Crippen LogP contribution < -0.4 is 14.8 Å². The van der Waals surface area contributed by atoms with Gasteiger partial charge < -0.3 is 9.47 Å². The molecule has 1 amide bonds. The highest BCUT2D eigenvalue weighted by Gasteiger charge is 2.12. The summed E-state index contributed by atoms with van der Waals surface area (Å²) < 4.78 is 12.3. The van der Waals surface area contributed by atoms with Gasteiger partial charge in [0.25, 0.3) is 5.91 Å². The number of hydrogen-bond donors (Lipinski definition) is 1. The Hall–Kier alpha value is -3.65. The molecule has 1 N–H and O–H groups in total. The molecule has 0 fully saturated rings. The molecule has 8 heteroatoms. The summed E-state index contributed by atoms with van der Waals surface area (Å²) in [6.45, 7) is 0. The number of rotatable bonds is 6. The molecule has 0 bridgehead atoms. The van der Waals surface area contributed by atoms with Crippen molar-refractivity contribution in [2.75, 3.05) is 19.5 Å². The molecular formula is C21H18N4O3S. The highest BCUT2D eigenvalue weighted by Crippen LogP contribution is 2.33. The van der Waals surface area contributed by atoms with Gasteiger partial charge in [-0.2, -0.15) is 5.10 Å². The van der Waals surface area contributed by atoms with E-state index in [-0.39, 0.29) is 5.91 Å². The van der Waals surface area contributed by atoms with Crippen LogP contribution in [0.4, 0.5) is 5.13 Å². The molecule has 0 unspecified atom stereocenters. The second kappa shape index (κ2) is 8.15. The van der Waals surface area contributed by atoms with Gasteiger partial charge >= 0.3 is 0 Å². The molecule has 0 aliphatic carbocycles. The van der Waals surface area contributed by atoms with Crippen molar-refractivity contribution in [3.8, 4) is 28.4 Å². The van der Waals surface area contributed by atoms with Crippen LogP contribution in [0.15, 0.2) is 66.3 Å². The molecule has 0 saturated carbocycles. The van der Waals surface area contributed by atoms with E-state index in [0.717, 1.165) is 16.9 Å². The SMILES string of the molecule is COc1ccc(-c2csc(NC(=O)c3ccc(-n4cccn4)cc3)n2)cc1OC. The number of thiazole rings is 1. The highest BCUT2D eigenvalue weighted by atomic mass is 32.1. The van der Waals surface area contributed by atoms with Gasteiger partial charge in [0, 0.05) is 28.9 Å². The first-order valence-corrected chi connectivity index (χ1v) is 9.65. The fourth-order valence-corrected chi connectivity index (χ4v) is 3.53. The van der Waals surface area contributed by atoms with E-state index in [1.807, 2.05) is 48.0 Å². The predicted molar refractivity (Wildman–Crippen MR) is 112 cm³/mol. The van der Waals surface area contributed by atoms with E-state index in [4.69, 9.17) is 9.47 Å². The lowest BCUT2D eigenvalue weighted by molar-refractivity contribution is 0.102. The number of benzene rings is 2. The number of hydrogen-bond acceptors (Lipinski definition) is 6. The summed E-state index contributed by atoms with van der Waals surface area (Å²) in [6.07, 6.45) is 3.55. The lowest BCUT2D eigenvalue weighted by Gasteiger charge is -2.08. The van der Waals surface area contributed by atoms with Gasteiger partial charge in [-0.05, 0) is 48.5 Å². The Bertz CT molecular complexity index is 1120. The topological polar surface area (TPSA) is 78.3 Å². The zero-order valence-corrected chi connectivity index (χ0v) is 16.6. The molecule has 2 heterocycles. The van der Waals surface area contributed by atoms with Gasteiger partial charge in [0.05, 0.1) is 25.6 Å². The number of aromatic nitrogens is 3. The molecule has 7 nitrogen and oxygen atoms in total. The summed E-state index contributed by atoms with van der Waals surface area (Å²) >= 11 is 1.36. The summed E-state index contributed by atoms with van der Waals surface area (Å²) in [7, 11) is 3.18. The van der Waals surface area contributed by atoms with Crippen molar-refractivity contribution in [2.24, 2.45) is 0 Å². The Morgan fingerprint density at radius 3 is 2.55 bits per heavy atom. The van der Waals surface area contributed by atoms with Crippen LogP contribution in [0.5, 0.6) is 11.5 Å². The maximum Gasteiger partial charge on any atom is 0.257 e. The molecule has 0 radical (unpaired) electrons. The van der Waals surface area contributed by atoms with Crippen molar-refractivity contribution >= 4 is 22.4 Å². The molecule has 0 aliphatic rings. The zero-order chi connectivity index (χ0) is 20.2. The standard InChI is InChI=1S/C21H18N4O3S/c1-27-18-9-6-15(12-19(18)28-2)17-13-29-21(23-17)24-20(26)14-4-7-16(8-5-14)25-11-3-10-22-25/h3-13H,1-2H3,(H,23,24,26). The van der Waals surface area contributed by atoms with E-state index < -0.39 is 0 Å². The van der Waals surface area contributed by atoms with Crippen LogP contribution in [0.3, 0.4) is 0 Å². The Labute approximate surface area is 171 Å². The van der Waals surface area contributed by atoms with E-state index in [0.29, 0.717) is 22.2 Å². The lowest BCUT2D eigenvalue weighted by atomic mass is 10.1. The molecule has 4 rings (SSSR count). The predicted octanol–water partition coefficient (Wildman–Crippen LogP) is 4.27. The maximum absolute atomic E-state index is 12.5. The van der Waals surface area contributed by atoms with E-state index in [9.17, 15) is 4.79 Å². The minimum atomic E-state index is -0.217. The van der Waals surface area contributed by atoms with Gasteiger partial charge in [0.2, 0.25) is 0 Å². The van der Waals surface area contributed by atoms with Crippen LogP contribution >= 0.6 is 11.3 Å².